The average molecular weight is 700 g/mol. The molecular formula is C38H49N7O6. The van der Waals surface area contributed by atoms with Gasteiger partial charge < -0.3 is 32.5 Å². The van der Waals surface area contributed by atoms with Crippen LogP contribution in [0.15, 0.2) is 89.9 Å². The molecule has 3 aromatic carbocycles. The fourth-order valence-corrected chi connectivity index (χ4v) is 5.31. The number of nitrogens with two attached hydrogens (primary N) is 2. The van der Waals surface area contributed by atoms with Crippen LogP contribution in [0.4, 0.5) is 0 Å². The summed E-state index contributed by atoms with van der Waals surface area (Å²) in [6.07, 6.45) is 4.18. The van der Waals surface area contributed by atoms with E-state index in [1.54, 1.807) is 12.1 Å². The van der Waals surface area contributed by atoms with E-state index in [2.05, 4.69) is 26.3 Å². The molecule has 0 aliphatic carbocycles. The van der Waals surface area contributed by atoms with Crippen LogP contribution in [0.2, 0.25) is 0 Å². The number of hydrogen-bond acceptors (Lipinski definition) is 7. The zero-order valence-electron chi connectivity index (χ0n) is 28.8. The third-order valence-corrected chi connectivity index (χ3v) is 8.02. The number of nitrogens with one attached hydrogen (secondary N) is 4. The Morgan fingerprint density at radius 3 is 1.84 bits per heavy atom. The third-order valence-electron chi connectivity index (χ3n) is 8.02. The zero-order valence-corrected chi connectivity index (χ0v) is 28.8. The Hall–Kier alpha value is -5.72. The molecule has 0 bridgehead atoms. The number of guanidine groups is 1. The molecule has 3 aromatic rings. The number of nitrogens with zero attached hydrogens (tertiary/aromatic N) is 1. The lowest BCUT2D eigenvalue weighted by Crippen LogP contribution is -2.48. The Morgan fingerprint density at radius 1 is 0.667 bits per heavy atom. The molecule has 0 unspecified atom stereocenters. The minimum atomic E-state index is -0.878. The van der Waals surface area contributed by atoms with Crippen LogP contribution >= 0.6 is 0 Å². The Labute approximate surface area is 298 Å². The molecule has 0 saturated heterocycles. The standard InChI is InChI=1S/C38H49N7O6/c39-32(47)23-25-41-33(48)17-9-1-2-10-18-34(49)45-38(40)42-24-11-16-31(36(50)43-26-27-19-21-30(46)22-20-27)44-37(51)35(28-12-5-3-6-13-28)29-14-7-4-8-15-29/h3-8,12-15,19-22,31,35,46H,1-2,9-11,16-18,23-26H2,(H2,39,47)(H,41,48)(H,43,50)(H,44,51)(H3,40,42,45,49)/t31-/m1/s1. The fraction of sp³-hybridized carbons (Fsp3) is 0.368. The molecule has 51 heavy (non-hydrogen) atoms. The number of phenolic OH excluding ortho intramolecular Hbond substituents is 1. The third kappa shape index (κ3) is 15.6. The van der Waals surface area contributed by atoms with Crippen molar-refractivity contribution in [1.82, 2.24) is 21.3 Å². The van der Waals surface area contributed by atoms with Crippen LogP contribution in [-0.2, 0) is 30.5 Å². The van der Waals surface area contributed by atoms with E-state index in [-0.39, 0.29) is 74.2 Å². The second-order valence-electron chi connectivity index (χ2n) is 12.1. The van der Waals surface area contributed by atoms with E-state index < -0.39 is 17.9 Å². The molecule has 9 N–H and O–H groups in total. The molecule has 0 heterocycles. The van der Waals surface area contributed by atoms with Crippen molar-refractivity contribution in [1.29, 1.82) is 0 Å². The van der Waals surface area contributed by atoms with E-state index in [0.29, 0.717) is 25.7 Å². The van der Waals surface area contributed by atoms with Gasteiger partial charge in [-0.25, -0.2) is 0 Å². The summed E-state index contributed by atoms with van der Waals surface area (Å²) in [5, 5.41) is 20.6. The number of carbonyl (C=O) groups is 5. The minimum absolute atomic E-state index is 0.0294. The smallest absolute Gasteiger partial charge is 0.242 e. The van der Waals surface area contributed by atoms with E-state index in [0.717, 1.165) is 29.5 Å². The molecule has 0 fully saturated rings. The number of primary amides is 1. The lowest BCUT2D eigenvalue weighted by atomic mass is 9.90. The summed E-state index contributed by atoms with van der Waals surface area (Å²) in [4.78, 5) is 66.3. The highest BCUT2D eigenvalue weighted by Crippen LogP contribution is 2.25. The van der Waals surface area contributed by atoms with Crippen molar-refractivity contribution in [3.8, 4) is 5.75 Å². The van der Waals surface area contributed by atoms with Crippen molar-refractivity contribution in [2.75, 3.05) is 13.1 Å². The van der Waals surface area contributed by atoms with Crippen LogP contribution < -0.4 is 32.7 Å². The lowest BCUT2D eigenvalue weighted by Gasteiger charge is -2.23. The fourth-order valence-electron chi connectivity index (χ4n) is 5.31. The van der Waals surface area contributed by atoms with Crippen LogP contribution in [0.3, 0.4) is 0 Å². The van der Waals surface area contributed by atoms with Gasteiger partial charge in [-0.05, 0) is 54.5 Å². The van der Waals surface area contributed by atoms with Gasteiger partial charge in [0.15, 0.2) is 5.96 Å². The van der Waals surface area contributed by atoms with Gasteiger partial charge in [-0.1, -0.05) is 85.6 Å². The molecular weight excluding hydrogens is 650 g/mol. The first kappa shape index (κ1) is 39.7. The molecule has 5 amide bonds. The molecule has 0 saturated carbocycles. The summed E-state index contributed by atoms with van der Waals surface area (Å²) in [6, 6.07) is 24.3. The first-order chi connectivity index (χ1) is 24.6. The molecule has 0 aliphatic heterocycles. The van der Waals surface area contributed by atoms with Gasteiger partial charge in [-0.2, -0.15) is 0 Å². The van der Waals surface area contributed by atoms with E-state index >= 15 is 0 Å². The van der Waals surface area contributed by atoms with E-state index in [1.807, 2.05) is 60.7 Å². The van der Waals surface area contributed by atoms with Crippen molar-refractivity contribution in [3.63, 3.8) is 0 Å². The van der Waals surface area contributed by atoms with Gasteiger partial charge in [0.1, 0.15) is 11.8 Å². The Bertz CT molecular complexity index is 1540. The molecule has 0 spiro atoms. The summed E-state index contributed by atoms with van der Waals surface area (Å²) in [7, 11) is 0. The first-order valence-corrected chi connectivity index (χ1v) is 17.2. The van der Waals surface area contributed by atoms with Crippen molar-refractivity contribution in [3.05, 3.63) is 102 Å². The van der Waals surface area contributed by atoms with Gasteiger partial charge in [0.05, 0.1) is 5.92 Å². The monoisotopic (exact) mass is 699 g/mol. The average Bonchev–Trinajstić information content (AvgIpc) is 3.11. The maximum Gasteiger partial charge on any atom is 0.242 e. The highest BCUT2D eigenvalue weighted by Gasteiger charge is 2.27. The zero-order chi connectivity index (χ0) is 36.8. The summed E-state index contributed by atoms with van der Waals surface area (Å²) in [5.41, 5.74) is 13.4. The Morgan fingerprint density at radius 2 is 1.25 bits per heavy atom. The molecule has 0 aromatic heterocycles. The topological polar surface area (TPSA) is 218 Å². The predicted octanol–water partition coefficient (Wildman–Crippen LogP) is 2.87. The number of amides is 5. The highest BCUT2D eigenvalue weighted by molar-refractivity contribution is 5.96. The number of aliphatic imine (C=N–C) groups is 1. The highest BCUT2D eigenvalue weighted by atomic mass is 16.3. The van der Waals surface area contributed by atoms with Crippen molar-refractivity contribution in [2.45, 2.75) is 76.3 Å². The van der Waals surface area contributed by atoms with E-state index in [1.165, 1.54) is 12.1 Å². The van der Waals surface area contributed by atoms with Crippen LogP contribution in [0.25, 0.3) is 0 Å². The Kier molecular flexibility index (Phi) is 17.2. The molecule has 0 aliphatic rings. The largest absolute Gasteiger partial charge is 0.508 e. The minimum Gasteiger partial charge on any atom is -0.508 e. The number of benzene rings is 3. The number of unbranched alkanes of at least 4 members (excludes halogenated alkanes) is 3. The first-order valence-electron chi connectivity index (χ1n) is 17.2. The van der Waals surface area contributed by atoms with Gasteiger partial charge in [0.25, 0.3) is 0 Å². The van der Waals surface area contributed by atoms with E-state index in [4.69, 9.17) is 11.5 Å². The second kappa shape index (κ2) is 22.1. The molecule has 0 radical (unpaired) electrons. The number of rotatable bonds is 21. The number of hydrogen-bond donors (Lipinski definition) is 7. The lowest BCUT2D eigenvalue weighted by molar-refractivity contribution is -0.129. The number of carbonyl (C=O) groups excluding carboxylic acids is 5. The van der Waals surface area contributed by atoms with Crippen LogP contribution in [-0.4, -0.2) is 59.7 Å². The molecule has 13 nitrogen and oxygen atoms in total. The van der Waals surface area contributed by atoms with Crippen molar-refractivity contribution in [2.24, 2.45) is 16.5 Å². The SMILES string of the molecule is NC(=O)CCNC(=O)CCCCCCC(=O)NC(N)=NCCC[C@@H](NC(=O)C(c1ccccc1)c1ccccc1)C(=O)NCc1ccc(O)cc1. The van der Waals surface area contributed by atoms with Gasteiger partial charge in [-0.3, -0.25) is 34.3 Å². The van der Waals surface area contributed by atoms with Gasteiger partial charge >= 0.3 is 0 Å². The summed E-state index contributed by atoms with van der Waals surface area (Å²) < 4.78 is 0. The van der Waals surface area contributed by atoms with Crippen LogP contribution in [0.5, 0.6) is 5.75 Å². The quantitative estimate of drug-likeness (QED) is 0.0501. The molecule has 272 valence electrons. The summed E-state index contributed by atoms with van der Waals surface area (Å²) in [6.45, 7) is 0.652. The molecule has 13 heteroatoms. The second-order valence-corrected chi connectivity index (χ2v) is 12.1. The van der Waals surface area contributed by atoms with Crippen LogP contribution in [0.1, 0.15) is 80.4 Å². The van der Waals surface area contributed by atoms with Gasteiger partial charge in [0.2, 0.25) is 29.5 Å². The van der Waals surface area contributed by atoms with Gasteiger partial charge in [-0.15, -0.1) is 0 Å². The summed E-state index contributed by atoms with van der Waals surface area (Å²) >= 11 is 0. The maximum absolute atomic E-state index is 13.8. The summed E-state index contributed by atoms with van der Waals surface area (Å²) in [5.74, 6) is -2.11. The Balaban J connectivity index is 1.51. The molecule has 1 atom stereocenters. The molecule has 3 rings (SSSR count). The predicted molar refractivity (Wildman–Crippen MR) is 195 cm³/mol. The van der Waals surface area contributed by atoms with E-state index in [9.17, 15) is 29.1 Å². The number of aromatic hydroxyl groups is 1. The van der Waals surface area contributed by atoms with Crippen molar-refractivity contribution >= 4 is 35.5 Å². The van der Waals surface area contributed by atoms with Crippen molar-refractivity contribution < 1.29 is 29.1 Å². The van der Waals surface area contributed by atoms with Crippen LogP contribution in [0, 0.1) is 0 Å². The normalized spacial score (nSPS) is 11.7. The maximum atomic E-state index is 13.8. The number of phenols is 1. The van der Waals surface area contributed by atoms with Gasteiger partial charge in [0, 0.05) is 38.9 Å².